The summed E-state index contributed by atoms with van der Waals surface area (Å²) in [4.78, 5) is 6.17. The van der Waals surface area contributed by atoms with Crippen LogP contribution in [-0.4, -0.2) is 35.6 Å². The fourth-order valence-electron chi connectivity index (χ4n) is 1.49. The maximum Gasteiger partial charge on any atom is 0.129 e. The summed E-state index contributed by atoms with van der Waals surface area (Å²) in [6.45, 7) is 4.07. The van der Waals surface area contributed by atoms with Crippen LogP contribution in [0.2, 0.25) is 0 Å². The summed E-state index contributed by atoms with van der Waals surface area (Å²) in [5.74, 6) is 0.739. The van der Waals surface area contributed by atoms with E-state index in [2.05, 4.69) is 4.98 Å². The molecule has 0 fully saturated rings. The topological polar surface area (TPSA) is 86.2 Å². The highest BCUT2D eigenvalue weighted by Crippen LogP contribution is 2.13. The molecular weight excluding hydrogens is 204 g/mol. The molecule has 0 amide bonds. The maximum atomic E-state index is 9.30. The van der Waals surface area contributed by atoms with Crippen LogP contribution < -0.4 is 10.6 Å². The zero-order valence-corrected chi connectivity index (χ0v) is 9.86. The SMILES string of the molecule is Cc1cc(C(=N)N)cc(N(C)CC(C)O)n1. The summed E-state index contributed by atoms with van der Waals surface area (Å²) >= 11 is 0. The molecule has 0 aliphatic carbocycles. The van der Waals surface area contributed by atoms with Gasteiger partial charge in [0.25, 0.3) is 0 Å². The molecule has 0 spiro atoms. The molecule has 0 aliphatic rings. The largest absolute Gasteiger partial charge is 0.392 e. The van der Waals surface area contributed by atoms with Gasteiger partial charge in [0.05, 0.1) is 6.10 Å². The van der Waals surface area contributed by atoms with Crippen LogP contribution in [0.3, 0.4) is 0 Å². The molecule has 5 heteroatoms. The smallest absolute Gasteiger partial charge is 0.129 e. The number of hydrogen-bond acceptors (Lipinski definition) is 4. The van der Waals surface area contributed by atoms with Gasteiger partial charge < -0.3 is 15.7 Å². The van der Waals surface area contributed by atoms with E-state index in [1.54, 1.807) is 19.1 Å². The summed E-state index contributed by atoms with van der Waals surface area (Å²) < 4.78 is 0. The molecule has 0 bridgehead atoms. The number of rotatable bonds is 4. The summed E-state index contributed by atoms with van der Waals surface area (Å²) in [7, 11) is 1.85. The number of nitrogens with two attached hydrogens (primary N) is 1. The maximum absolute atomic E-state index is 9.30. The Balaban J connectivity index is 3.00. The Bertz CT molecular complexity index is 390. The van der Waals surface area contributed by atoms with Crippen LogP contribution in [0, 0.1) is 12.3 Å². The molecule has 5 nitrogen and oxygen atoms in total. The van der Waals surface area contributed by atoms with E-state index in [4.69, 9.17) is 11.1 Å². The first-order valence-corrected chi connectivity index (χ1v) is 5.12. The molecule has 1 unspecified atom stereocenters. The van der Waals surface area contributed by atoms with E-state index >= 15 is 0 Å². The van der Waals surface area contributed by atoms with Gasteiger partial charge in [-0.25, -0.2) is 4.98 Å². The number of amidine groups is 1. The predicted molar refractivity (Wildman–Crippen MR) is 64.9 cm³/mol. The van der Waals surface area contributed by atoms with Crippen LogP contribution in [0.4, 0.5) is 5.82 Å². The van der Waals surface area contributed by atoms with Crippen molar-refractivity contribution in [1.82, 2.24) is 4.98 Å². The molecule has 4 N–H and O–H groups in total. The van der Waals surface area contributed by atoms with Crippen molar-refractivity contribution in [3.63, 3.8) is 0 Å². The van der Waals surface area contributed by atoms with Crippen molar-refractivity contribution in [2.24, 2.45) is 5.73 Å². The van der Waals surface area contributed by atoms with E-state index in [1.165, 1.54) is 0 Å². The molecule has 1 rings (SSSR count). The third-order valence-corrected chi connectivity index (χ3v) is 2.18. The van der Waals surface area contributed by atoms with Crippen LogP contribution in [-0.2, 0) is 0 Å². The molecular formula is C11H18N4O. The Morgan fingerprint density at radius 1 is 1.62 bits per heavy atom. The van der Waals surface area contributed by atoms with Gasteiger partial charge in [-0.1, -0.05) is 0 Å². The molecule has 0 saturated carbocycles. The van der Waals surface area contributed by atoms with Gasteiger partial charge in [-0.3, -0.25) is 5.41 Å². The first-order valence-electron chi connectivity index (χ1n) is 5.12. The molecule has 0 radical (unpaired) electrons. The quantitative estimate of drug-likeness (QED) is 0.511. The summed E-state index contributed by atoms with van der Waals surface area (Å²) in [6, 6.07) is 3.51. The van der Waals surface area contributed by atoms with E-state index in [9.17, 15) is 5.11 Å². The lowest BCUT2D eigenvalue weighted by atomic mass is 10.2. The Hall–Kier alpha value is -1.62. The molecule has 1 aromatic heterocycles. The zero-order chi connectivity index (χ0) is 12.3. The minimum absolute atomic E-state index is 0.0252. The summed E-state index contributed by atoms with van der Waals surface area (Å²) in [5.41, 5.74) is 6.90. The average molecular weight is 222 g/mol. The third-order valence-electron chi connectivity index (χ3n) is 2.18. The van der Waals surface area contributed by atoms with Crippen LogP contribution in [0.15, 0.2) is 12.1 Å². The van der Waals surface area contributed by atoms with Crippen molar-refractivity contribution < 1.29 is 5.11 Å². The number of nitrogen functional groups attached to an aromatic ring is 1. The lowest BCUT2D eigenvalue weighted by molar-refractivity contribution is 0.201. The van der Waals surface area contributed by atoms with E-state index in [1.807, 2.05) is 18.9 Å². The number of pyridine rings is 1. The van der Waals surface area contributed by atoms with E-state index in [0.717, 1.165) is 5.69 Å². The van der Waals surface area contributed by atoms with Gasteiger partial charge in [-0.2, -0.15) is 0 Å². The summed E-state index contributed by atoms with van der Waals surface area (Å²) in [5, 5.41) is 16.7. The van der Waals surface area contributed by atoms with Crippen LogP contribution >= 0.6 is 0 Å². The Kier molecular flexibility index (Phi) is 3.84. The number of aliphatic hydroxyl groups is 1. The van der Waals surface area contributed by atoms with Gasteiger partial charge >= 0.3 is 0 Å². The standard InChI is InChI=1S/C11H18N4O/c1-7-4-9(11(12)13)5-10(14-7)15(3)6-8(2)16/h4-5,8,16H,6H2,1-3H3,(H3,12,13). The van der Waals surface area contributed by atoms with Crippen molar-refractivity contribution in [1.29, 1.82) is 5.41 Å². The molecule has 0 aliphatic heterocycles. The number of nitrogens with one attached hydrogen (secondary N) is 1. The van der Waals surface area contributed by atoms with Crippen LogP contribution in [0.1, 0.15) is 18.2 Å². The third kappa shape index (κ3) is 3.20. The molecule has 1 atom stereocenters. The van der Waals surface area contributed by atoms with Crippen molar-refractivity contribution >= 4 is 11.7 Å². The average Bonchev–Trinajstić information content (AvgIpc) is 2.15. The van der Waals surface area contributed by atoms with Crippen molar-refractivity contribution in [3.8, 4) is 0 Å². The second-order valence-electron chi connectivity index (χ2n) is 4.00. The number of aliphatic hydroxyl groups excluding tert-OH is 1. The van der Waals surface area contributed by atoms with E-state index < -0.39 is 6.10 Å². The Morgan fingerprint density at radius 2 is 2.25 bits per heavy atom. The number of hydrogen-bond donors (Lipinski definition) is 3. The van der Waals surface area contributed by atoms with E-state index in [0.29, 0.717) is 17.9 Å². The molecule has 16 heavy (non-hydrogen) atoms. The molecule has 1 heterocycles. The second kappa shape index (κ2) is 4.94. The number of aromatic nitrogens is 1. The van der Waals surface area contributed by atoms with Gasteiger partial charge in [0.15, 0.2) is 0 Å². The monoisotopic (exact) mass is 222 g/mol. The molecule has 0 aromatic carbocycles. The minimum Gasteiger partial charge on any atom is -0.392 e. The number of aryl methyl sites for hydroxylation is 1. The minimum atomic E-state index is -0.423. The number of likely N-dealkylation sites (N-methyl/N-ethyl adjacent to an activating group) is 1. The predicted octanol–water partition coefficient (Wildman–Crippen LogP) is 0.491. The Morgan fingerprint density at radius 3 is 2.75 bits per heavy atom. The van der Waals surface area contributed by atoms with Crippen LogP contribution in [0.25, 0.3) is 0 Å². The van der Waals surface area contributed by atoms with Gasteiger partial charge in [0.1, 0.15) is 11.7 Å². The highest BCUT2D eigenvalue weighted by molar-refractivity contribution is 5.95. The lowest BCUT2D eigenvalue weighted by Gasteiger charge is -2.20. The van der Waals surface area contributed by atoms with E-state index in [-0.39, 0.29) is 5.84 Å². The highest BCUT2D eigenvalue weighted by Gasteiger charge is 2.08. The van der Waals surface area contributed by atoms with Crippen molar-refractivity contribution in [2.75, 3.05) is 18.5 Å². The highest BCUT2D eigenvalue weighted by atomic mass is 16.3. The zero-order valence-electron chi connectivity index (χ0n) is 9.86. The van der Waals surface area contributed by atoms with Crippen LogP contribution in [0.5, 0.6) is 0 Å². The van der Waals surface area contributed by atoms with Crippen molar-refractivity contribution in [3.05, 3.63) is 23.4 Å². The van der Waals surface area contributed by atoms with Crippen molar-refractivity contribution in [2.45, 2.75) is 20.0 Å². The molecule has 88 valence electrons. The lowest BCUT2D eigenvalue weighted by Crippen LogP contribution is -2.28. The van der Waals surface area contributed by atoms with Gasteiger partial charge in [0, 0.05) is 24.8 Å². The van der Waals surface area contributed by atoms with Gasteiger partial charge in [-0.05, 0) is 26.0 Å². The molecule has 1 aromatic rings. The normalized spacial score (nSPS) is 12.2. The molecule has 0 saturated heterocycles. The fourth-order valence-corrected chi connectivity index (χ4v) is 1.49. The fraction of sp³-hybridized carbons (Fsp3) is 0.455. The summed E-state index contributed by atoms with van der Waals surface area (Å²) in [6.07, 6.45) is -0.423. The van der Waals surface area contributed by atoms with Gasteiger partial charge in [0.2, 0.25) is 0 Å². The number of anilines is 1. The first-order chi connectivity index (χ1) is 7.40. The first kappa shape index (κ1) is 12.4. The second-order valence-corrected chi connectivity index (χ2v) is 4.00. The van der Waals surface area contributed by atoms with Gasteiger partial charge in [-0.15, -0.1) is 0 Å². The Labute approximate surface area is 95.4 Å². The number of nitrogens with zero attached hydrogens (tertiary/aromatic N) is 2.